The van der Waals surface area contributed by atoms with Gasteiger partial charge < -0.3 is 9.64 Å². The molecule has 2 saturated carbocycles. The molecule has 6 aliphatic rings. The van der Waals surface area contributed by atoms with Crippen molar-refractivity contribution in [2.75, 3.05) is 13.1 Å². The molecule has 37 heavy (non-hydrogen) atoms. The largest absolute Gasteiger partial charge is 0.489 e. The lowest BCUT2D eigenvalue weighted by atomic mass is 9.63. The molecule has 3 amide bonds. The van der Waals surface area contributed by atoms with E-state index in [0.717, 1.165) is 37.2 Å². The van der Waals surface area contributed by atoms with Crippen LogP contribution in [-0.4, -0.2) is 58.3 Å². The van der Waals surface area contributed by atoms with Crippen molar-refractivity contribution in [3.63, 3.8) is 0 Å². The van der Waals surface area contributed by atoms with Gasteiger partial charge >= 0.3 is 0 Å². The summed E-state index contributed by atoms with van der Waals surface area (Å²) in [5, 5.41) is 2.45. The van der Waals surface area contributed by atoms with Crippen LogP contribution >= 0.6 is 0 Å². The van der Waals surface area contributed by atoms with Crippen LogP contribution in [0.15, 0.2) is 48.5 Å². The van der Waals surface area contributed by atoms with E-state index in [1.165, 1.54) is 24.8 Å². The third-order valence-corrected chi connectivity index (χ3v) is 9.51. The molecule has 2 aromatic carbocycles. The zero-order chi connectivity index (χ0) is 25.1. The van der Waals surface area contributed by atoms with Gasteiger partial charge in [-0.1, -0.05) is 36.8 Å². The number of nitrogens with zero attached hydrogens (tertiary/aromatic N) is 2. The summed E-state index contributed by atoms with van der Waals surface area (Å²) in [4.78, 5) is 42.1. The second kappa shape index (κ2) is 8.69. The number of nitrogens with one attached hydrogen (secondary N) is 1. The van der Waals surface area contributed by atoms with E-state index >= 15 is 0 Å². The van der Waals surface area contributed by atoms with Gasteiger partial charge in [-0.3, -0.25) is 24.6 Å². The maximum Gasteiger partial charge on any atom is 0.255 e. The molecular formula is C30H33N3O4. The normalized spacial score (nSPS) is 33.2. The van der Waals surface area contributed by atoms with Crippen LogP contribution in [0, 0.1) is 5.92 Å². The first-order chi connectivity index (χ1) is 18.0. The van der Waals surface area contributed by atoms with Gasteiger partial charge in [0.1, 0.15) is 17.4 Å². The Morgan fingerprint density at radius 1 is 0.919 bits per heavy atom. The first-order valence-corrected chi connectivity index (χ1v) is 13.8. The Morgan fingerprint density at radius 2 is 1.73 bits per heavy atom. The van der Waals surface area contributed by atoms with Gasteiger partial charge in [0.05, 0.1) is 0 Å². The summed E-state index contributed by atoms with van der Waals surface area (Å²) in [5.41, 5.74) is 2.09. The zero-order valence-corrected chi connectivity index (χ0v) is 21.0. The van der Waals surface area contributed by atoms with Gasteiger partial charge in [-0.05, 0) is 80.3 Å². The maximum absolute atomic E-state index is 13.2. The fourth-order valence-corrected chi connectivity index (χ4v) is 7.41. The van der Waals surface area contributed by atoms with Crippen LogP contribution in [0.1, 0.15) is 72.3 Å². The highest BCUT2D eigenvalue weighted by molar-refractivity contribution is 6.10. The van der Waals surface area contributed by atoms with Crippen LogP contribution < -0.4 is 10.1 Å². The van der Waals surface area contributed by atoms with Crippen LogP contribution in [0.2, 0.25) is 0 Å². The molecule has 1 N–H and O–H groups in total. The van der Waals surface area contributed by atoms with Crippen molar-refractivity contribution in [3.8, 4) is 5.75 Å². The highest BCUT2D eigenvalue weighted by atomic mass is 16.5. The summed E-state index contributed by atoms with van der Waals surface area (Å²) in [5.74, 6) is 0.561. The number of imide groups is 1. The fourth-order valence-electron chi connectivity index (χ4n) is 7.41. The van der Waals surface area contributed by atoms with Crippen LogP contribution in [0.25, 0.3) is 0 Å². The minimum Gasteiger partial charge on any atom is -0.489 e. The van der Waals surface area contributed by atoms with Crippen molar-refractivity contribution in [3.05, 3.63) is 65.2 Å². The Labute approximate surface area is 217 Å². The summed E-state index contributed by atoms with van der Waals surface area (Å²) in [6.07, 6.45) is 6.79. The average Bonchev–Trinajstić information content (AvgIpc) is 3.50. The van der Waals surface area contributed by atoms with Gasteiger partial charge in [0.15, 0.2) is 0 Å². The molecule has 3 atom stereocenters. The van der Waals surface area contributed by atoms with Crippen molar-refractivity contribution < 1.29 is 19.1 Å². The predicted octanol–water partition coefficient (Wildman–Crippen LogP) is 3.63. The third kappa shape index (κ3) is 3.69. The van der Waals surface area contributed by atoms with E-state index in [9.17, 15) is 14.4 Å². The van der Waals surface area contributed by atoms with Crippen LogP contribution in [-0.2, 0) is 16.1 Å². The van der Waals surface area contributed by atoms with Gasteiger partial charge in [-0.15, -0.1) is 0 Å². The summed E-state index contributed by atoms with van der Waals surface area (Å²) >= 11 is 0. The Balaban J connectivity index is 1.06. The lowest BCUT2D eigenvalue weighted by Gasteiger charge is -2.53. The first kappa shape index (κ1) is 23.0. The number of amides is 3. The molecule has 2 aliphatic carbocycles. The lowest BCUT2D eigenvalue weighted by molar-refractivity contribution is -0.160. The predicted molar refractivity (Wildman–Crippen MR) is 137 cm³/mol. The second-order valence-electron chi connectivity index (χ2n) is 11.6. The highest BCUT2D eigenvalue weighted by Gasteiger charge is 2.63. The van der Waals surface area contributed by atoms with Crippen molar-refractivity contribution in [2.24, 2.45) is 5.92 Å². The lowest BCUT2D eigenvalue weighted by Crippen LogP contribution is -2.73. The van der Waals surface area contributed by atoms with Crippen LogP contribution in [0.4, 0.5) is 0 Å². The number of likely N-dealkylation sites (tertiary alicyclic amines) is 1. The molecule has 3 saturated heterocycles. The second-order valence-corrected chi connectivity index (χ2v) is 11.6. The SMILES string of the molecule is O=C1NC(=O)C2(N3Cc4cc(O[C@@H]5CCCC[C@H]5N5CCC(c6ccccc6)C5)ccc4C3=O)CC1C2. The summed E-state index contributed by atoms with van der Waals surface area (Å²) in [7, 11) is 0. The smallest absolute Gasteiger partial charge is 0.255 e. The first-order valence-electron chi connectivity index (χ1n) is 13.8. The van der Waals surface area contributed by atoms with Gasteiger partial charge in [0.25, 0.3) is 11.8 Å². The summed E-state index contributed by atoms with van der Waals surface area (Å²) in [6, 6.07) is 17.0. The van der Waals surface area contributed by atoms with E-state index in [4.69, 9.17) is 4.74 Å². The summed E-state index contributed by atoms with van der Waals surface area (Å²) < 4.78 is 6.64. The van der Waals surface area contributed by atoms with Crippen LogP contribution in [0.5, 0.6) is 5.75 Å². The quantitative estimate of drug-likeness (QED) is 0.636. The topological polar surface area (TPSA) is 79.0 Å². The molecule has 7 heteroatoms. The van der Waals surface area contributed by atoms with Gasteiger partial charge in [0, 0.05) is 30.6 Å². The molecule has 0 aromatic heterocycles. The minimum atomic E-state index is -0.880. The fraction of sp³-hybridized carbons (Fsp3) is 0.500. The van der Waals surface area contributed by atoms with E-state index < -0.39 is 5.54 Å². The van der Waals surface area contributed by atoms with E-state index in [1.807, 2.05) is 18.2 Å². The number of fused-ring (bicyclic) bond motifs is 3. The maximum atomic E-state index is 13.2. The molecule has 1 unspecified atom stereocenters. The van der Waals surface area contributed by atoms with Gasteiger partial charge in [0.2, 0.25) is 5.91 Å². The van der Waals surface area contributed by atoms with E-state index in [-0.39, 0.29) is 29.7 Å². The van der Waals surface area contributed by atoms with Gasteiger partial charge in [-0.2, -0.15) is 0 Å². The average molecular weight is 500 g/mol. The molecule has 4 aliphatic heterocycles. The van der Waals surface area contributed by atoms with Crippen molar-refractivity contribution in [2.45, 2.75) is 75.1 Å². The van der Waals surface area contributed by atoms with Crippen molar-refractivity contribution >= 4 is 17.7 Å². The molecule has 7 nitrogen and oxygen atoms in total. The number of ether oxygens (including phenoxy) is 1. The Morgan fingerprint density at radius 3 is 2.54 bits per heavy atom. The monoisotopic (exact) mass is 499 g/mol. The molecule has 0 radical (unpaired) electrons. The molecule has 4 heterocycles. The molecule has 0 spiro atoms. The third-order valence-electron chi connectivity index (χ3n) is 9.51. The Kier molecular flexibility index (Phi) is 5.39. The molecule has 2 aromatic rings. The Bertz CT molecular complexity index is 1250. The van der Waals surface area contributed by atoms with Crippen molar-refractivity contribution in [1.82, 2.24) is 15.1 Å². The van der Waals surface area contributed by atoms with E-state index in [2.05, 4.69) is 40.5 Å². The van der Waals surface area contributed by atoms with Crippen molar-refractivity contribution in [1.29, 1.82) is 0 Å². The Hall–Kier alpha value is -3.19. The number of piperidine rings is 2. The molecule has 2 bridgehead atoms. The molecular weight excluding hydrogens is 466 g/mol. The standard InChI is InChI=1S/C30H33N3O4/c34-27-22-15-30(16-22,29(36)31-27)33-18-21-14-23(10-11-24(21)28(33)35)37-26-9-5-4-8-25(26)32-13-12-20(17-32)19-6-2-1-3-7-19/h1-3,6-7,10-11,14,20,22,25-26H,4-5,8-9,12-13,15-18H2,(H,31,34,36)/t20?,22?,25-,26-,30?/m1/s1. The number of benzene rings is 2. The number of carbonyl (C=O) groups excluding carboxylic acids is 3. The summed E-state index contributed by atoms with van der Waals surface area (Å²) in [6.45, 7) is 2.57. The number of rotatable bonds is 5. The molecule has 8 rings (SSSR count). The minimum absolute atomic E-state index is 0.121. The highest BCUT2D eigenvalue weighted by Crippen LogP contribution is 2.49. The van der Waals surface area contributed by atoms with Crippen LogP contribution in [0.3, 0.4) is 0 Å². The van der Waals surface area contributed by atoms with Gasteiger partial charge in [-0.25, -0.2) is 0 Å². The zero-order valence-electron chi connectivity index (χ0n) is 21.0. The number of carbonyl (C=O) groups is 3. The van der Waals surface area contributed by atoms with E-state index in [1.54, 1.807) is 4.90 Å². The van der Waals surface area contributed by atoms with E-state index in [0.29, 0.717) is 36.9 Å². The number of hydrogen-bond donors (Lipinski definition) is 1. The molecule has 192 valence electrons. The number of hydrogen-bond acceptors (Lipinski definition) is 5. The molecule has 5 fully saturated rings.